The van der Waals surface area contributed by atoms with Crippen LogP contribution in [0.1, 0.15) is 46.6 Å². The van der Waals surface area contributed by atoms with Crippen molar-refractivity contribution in [2.45, 2.75) is 24.8 Å². The Hall–Kier alpha value is -3.88. The number of carbonyl (C=O) groups excluding carboxylic acids is 2. The van der Waals surface area contributed by atoms with Crippen molar-refractivity contribution in [3.63, 3.8) is 0 Å². The lowest BCUT2D eigenvalue weighted by Crippen LogP contribution is -2.46. The first-order chi connectivity index (χ1) is 16.5. The quantitative estimate of drug-likeness (QED) is 0.575. The Bertz CT molecular complexity index is 1110. The number of hydrogen-bond donors (Lipinski definition) is 1. The van der Waals surface area contributed by atoms with Crippen LogP contribution < -0.4 is 15.0 Å². The second-order valence-corrected chi connectivity index (χ2v) is 8.50. The maximum Gasteiger partial charge on any atom is 0.265 e. The van der Waals surface area contributed by atoms with E-state index >= 15 is 0 Å². The van der Waals surface area contributed by atoms with E-state index in [1.807, 2.05) is 44.4 Å². The van der Waals surface area contributed by atoms with Crippen molar-refractivity contribution in [3.8, 4) is 5.75 Å². The number of nitrogens with zero attached hydrogens (tertiary/aromatic N) is 4. The Kier molecular flexibility index (Phi) is 7.10. The van der Waals surface area contributed by atoms with Crippen LogP contribution >= 0.6 is 0 Å². The Balaban J connectivity index is 1.53. The SMILES string of the molecule is COc1ccc(C(=O)NC(C(=O)N2CCCC(c3nc(N(C)C)no3)C2)c2ccccc2)cc1. The fraction of sp³-hybridized carbons (Fsp3) is 0.360. The maximum absolute atomic E-state index is 13.7. The summed E-state index contributed by atoms with van der Waals surface area (Å²) in [5.41, 5.74) is 1.18. The molecule has 1 aliphatic heterocycles. The number of anilines is 1. The fourth-order valence-electron chi connectivity index (χ4n) is 4.03. The van der Waals surface area contributed by atoms with E-state index in [0.717, 1.165) is 18.4 Å². The smallest absolute Gasteiger partial charge is 0.265 e. The van der Waals surface area contributed by atoms with Gasteiger partial charge < -0.3 is 24.4 Å². The molecule has 1 fully saturated rings. The van der Waals surface area contributed by atoms with E-state index in [4.69, 9.17) is 9.26 Å². The van der Waals surface area contributed by atoms with Crippen molar-refractivity contribution in [1.82, 2.24) is 20.4 Å². The molecule has 2 heterocycles. The van der Waals surface area contributed by atoms with E-state index in [9.17, 15) is 9.59 Å². The monoisotopic (exact) mass is 463 g/mol. The van der Waals surface area contributed by atoms with E-state index in [0.29, 0.717) is 36.2 Å². The van der Waals surface area contributed by atoms with Crippen LogP contribution in [0.25, 0.3) is 0 Å². The molecule has 34 heavy (non-hydrogen) atoms. The second-order valence-electron chi connectivity index (χ2n) is 8.50. The van der Waals surface area contributed by atoms with E-state index < -0.39 is 6.04 Å². The summed E-state index contributed by atoms with van der Waals surface area (Å²) in [5, 5.41) is 6.93. The summed E-state index contributed by atoms with van der Waals surface area (Å²) in [4.78, 5) is 34.7. The van der Waals surface area contributed by atoms with Crippen LogP contribution in [0.2, 0.25) is 0 Å². The van der Waals surface area contributed by atoms with Gasteiger partial charge in [0.2, 0.25) is 11.8 Å². The lowest BCUT2D eigenvalue weighted by atomic mass is 9.96. The molecule has 2 amide bonds. The summed E-state index contributed by atoms with van der Waals surface area (Å²) in [5.74, 6) is 1.15. The third-order valence-electron chi connectivity index (χ3n) is 5.92. The number of likely N-dealkylation sites (tertiary alicyclic amines) is 1. The summed E-state index contributed by atoms with van der Waals surface area (Å²) >= 11 is 0. The Morgan fingerprint density at radius 3 is 2.53 bits per heavy atom. The molecule has 0 bridgehead atoms. The first-order valence-corrected chi connectivity index (χ1v) is 11.3. The molecule has 2 atom stereocenters. The molecule has 4 rings (SSSR count). The molecular weight excluding hydrogens is 434 g/mol. The minimum Gasteiger partial charge on any atom is -0.497 e. The summed E-state index contributed by atoms with van der Waals surface area (Å²) < 4.78 is 10.6. The zero-order valence-electron chi connectivity index (χ0n) is 19.6. The molecule has 1 aromatic heterocycles. The molecule has 1 N–H and O–H groups in total. The van der Waals surface area contributed by atoms with E-state index in [1.165, 1.54) is 0 Å². The van der Waals surface area contributed by atoms with Crippen LogP contribution in [0.5, 0.6) is 5.75 Å². The van der Waals surface area contributed by atoms with Gasteiger partial charge in [-0.3, -0.25) is 9.59 Å². The topological polar surface area (TPSA) is 101 Å². The van der Waals surface area contributed by atoms with E-state index in [2.05, 4.69) is 15.5 Å². The number of nitrogens with one attached hydrogen (secondary N) is 1. The van der Waals surface area contributed by atoms with Crippen LogP contribution in [0, 0.1) is 0 Å². The largest absolute Gasteiger partial charge is 0.497 e. The first kappa shape index (κ1) is 23.3. The second kappa shape index (κ2) is 10.4. The molecule has 9 heteroatoms. The molecule has 0 spiro atoms. The van der Waals surface area contributed by atoms with Gasteiger partial charge in [-0.25, -0.2) is 0 Å². The number of methoxy groups -OCH3 is 1. The summed E-state index contributed by atoms with van der Waals surface area (Å²) in [6, 6.07) is 15.3. The normalized spacial score (nSPS) is 16.6. The number of aromatic nitrogens is 2. The number of ether oxygens (including phenoxy) is 1. The molecule has 3 aromatic rings. The number of amides is 2. The van der Waals surface area contributed by atoms with E-state index in [1.54, 1.807) is 41.2 Å². The molecule has 0 aliphatic carbocycles. The highest BCUT2D eigenvalue weighted by atomic mass is 16.5. The standard InChI is InChI=1S/C25H29N5O4/c1-29(2)25-27-23(34-28-25)19-10-7-15-30(16-19)24(32)21(17-8-5-4-6-9-17)26-22(31)18-11-13-20(33-3)14-12-18/h4-6,8-9,11-14,19,21H,7,10,15-16H2,1-3H3,(H,26,31). The van der Waals surface area contributed by atoms with Gasteiger partial charge in [0.25, 0.3) is 11.9 Å². The van der Waals surface area contributed by atoms with Crippen LogP contribution in [0.4, 0.5) is 5.95 Å². The zero-order valence-corrected chi connectivity index (χ0v) is 19.6. The summed E-state index contributed by atoms with van der Waals surface area (Å²) in [6.07, 6.45) is 1.66. The van der Waals surface area contributed by atoms with Gasteiger partial charge in [0, 0.05) is 32.7 Å². The number of hydrogen-bond acceptors (Lipinski definition) is 7. The van der Waals surface area contributed by atoms with Crippen LogP contribution in [-0.4, -0.2) is 61.1 Å². The van der Waals surface area contributed by atoms with Gasteiger partial charge >= 0.3 is 0 Å². The van der Waals surface area contributed by atoms with Crippen molar-refractivity contribution in [2.24, 2.45) is 0 Å². The van der Waals surface area contributed by atoms with Crippen molar-refractivity contribution < 1.29 is 18.8 Å². The molecule has 9 nitrogen and oxygen atoms in total. The first-order valence-electron chi connectivity index (χ1n) is 11.3. The van der Waals surface area contributed by atoms with Crippen molar-refractivity contribution in [2.75, 3.05) is 39.2 Å². The van der Waals surface area contributed by atoms with Crippen LogP contribution in [0.3, 0.4) is 0 Å². The van der Waals surface area contributed by atoms with Crippen molar-refractivity contribution >= 4 is 17.8 Å². The van der Waals surface area contributed by atoms with Gasteiger partial charge in [-0.2, -0.15) is 4.98 Å². The molecule has 0 radical (unpaired) electrons. The number of piperidine rings is 1. The Labute approximate surface area is 198 Å². The van der Waals surface area contributed by atoms with E-state index in [-0.39, 0.29) is 17.7 Å². The Morgan fingerprint density at radius 1 is 1.15 bits per heavy atom. The highest BCUT2D eigenvalue weighted by molar-refractivity contribution is 5.98. The molecule has 2 aromatic carbocycles. The van der Waals surface area contributed by atoms with Crippen molar-refractivity contribution in [1.29, 1.82) is 0 Å². The molecule has 178 valence electrons. The van der Waals surface area contributed by atoms with Crippen LogP contribution in [-0.2, 0) is 4.79 Å². The third-order valence-corrected chi connectivity index (χ3v) is 5.92. The van der Waals surface area contributed by atoms with Crippen LogP contribution in [0.15, 0.2) is 59.1 Å². The van der Waals surface area contributed by atoms with Gasteiger partial charge in [-0.15, -0.1) is 0 Å². The molecular formula is C25H29N5O4. The molecule has 2 unspecified atom stereocenters. The predicted octanol–water partition coefficient (Wildman–Crippen LogP) is 3.02. The average Bonchev–Trinajstić information content (AvgIpc) is 3.38. The highest BCUT2D eigenvalue weighted by Crippen LogP contribution is 2.29. The molecule has 1 aliphatic rings. The number of carbonyl (C=O) groups is 2. The van der Waals surface area contributed by atoms with Gasteiger partial charge in [0.15, 0.2) is 0 Å². The van der Waals surface area contributed by atoms with Gasteiger partial charge in [0.1, 0.15) is 11.8 Å². The fourth-order valence-corrected chi connectivity index (χ4v) is 4.03. The van der Waals surface area contributed by atoms with Gasteiger partial charge in [-0.1, -0.05) is 30.3 Å². The number of rotatable bonds is 7. The van der Waals surface area contributed by atoms with Crippen molar-refractivity contribution in [3.05, 3.63) is 71.6 Å². The average molecular weight is 464 g/mol. The number of benzene rings is 2. The molecule has 0 saturated carbocycles. The minimum atomic E-state index is -0.811. The lowest BCUT2D eigenvalue weighted by Gasteiger charge is -2.34. The zero-order chi connectivity index (χ0) is 24.1. The Morgan fingerprint density at radius 2 is 1.88 bits per heavy atom. The summed E-state index contributed by atoms with van der Waals surface area (Å²) in [6.45, 7) is 1.06. The predicted molar refractivity (Wildman–Crippen MR) is 127 cm³/mol. The van der Waals surface area contributed by atoms with Gasteiger partial charge in [-0.05, 0) is 47.8 Å². The third kappa shape index (κ3) is 5.19. The van der Waals surface area contributed by atoms with Gasteiger partial charge in [0.05, 0.1) is 13.0 Å². The molecule has 1 saturated heterocycles. The maximum atomic E-state index is 13.7. The minimum absolute atomic E-state index is 0.0485. The lowest BCUT2D eigenvalue weighted by molar-refractivity contribution is -0.134. The highest BCUT2D eigenvalue weighted by Gasteiger charge is 2.33. The summed E-state index contributed by atoms with van der Waals surface area (Å²) in [7, 11) is 5.27.